The van der Waals surface area contributed by atoms with E-state index in [4.69, 9.17) is 4.74 Å². The van der Waals surface area contributed by atoms with Gasteiger partial charge in [0.15, 0.2) is 0 Å². The molecule has 2 amide bonds. The van der Waals surface area contributed by atoms with Crippen LogP contribution in [0, 0.1) is 0 Å². The fraction of sp³-hybridized carbons (Fsp3) is 0.583. The second-order valence-electron chi connectivity index (χ2n) is 4.15. The second-order valence-corrected chi connectivity index (χ2v) is 4.93. The largest absolute Gasteiger partial charge is 0.376 e. The molecule has 0 saturated carbocycles. The van der Waals surface area contributed by atoms with Gasteiger partial charge in [-0.15, -0.1) is 0 Å². The average Bonchev–Trinajstić information content (AvgIpc) is 2.99. The van der Waals surface area contributed by atoms with E-state index in [9.17, 15) is 4.79 Å². The van der Waals surface area contributed by atoms with Crippen LogP contribution in [0.15, 0.2) is 16.8 Å². The summed E-state index contributed by atoms with van der Waals surface area (Å²) in [6.07, 6.45) is 3.25. The van der Waals surface area contributed by atoms with Crippen LogP contribution in [0.2, 0.25) is 0 Å². The molecule has 0 spiro atoms. The molecule has 5 heteroatoms. The monoisotopic (exact) mass is 254 g/mol. The number of urea groups is 1. The molecule has 1 aromatic rings. The van der Waals surface area contributed by atoms with Gasteiger partial charge in [0.1, 0.15) is 0 Å². The predicted molar refractivity (Wildman–Crippen MR) is 68.4 cm³/mol. The summed E-state index contributed by atoms with van der Waals surface area (Å²) < 4.78 is 5.43. The minimum atomic E-state index is -0.101. The van der Waals surface area contributed by atoms with E-state index in [0.717, 1.165) is 25.9 Å². The summed E-state index contributed by atoms with van der Waals surface area (Å²) in [6, 6.07) is 1.98. The molecule has 17 heavy (non-hydrogen) atoms. The number of hydrogen-bond donors (Lipinski definition) is 2. The molecular weight excluding hydrogens is 236 g/mol. The van der Waals surface area contributed by atoms with Gasteiger partial charge in [-0.05, 0) is 41.7 Å². The molecule has 0 bridgehead atoms. The minimum absolute atomic E-state index is 0.101. The van der Waals surface area contributed by atoms with Gasteiger partial charge in [0, 0.05) is 19.7 Å². The summed E-state index contributed by atoms with van der Waals surface area (Å²) in [5, 5.41) is 9.83. The minimum Gasteiger partial charge on any atom is -0.376 e. The van der Waals surface area contributed by atoms with Crippen molar-refractivity contribution in [1.82, 2.24) is 10.6 Å². The highest BCUT2D eigenvalue weighted by atomic mass is 32.1. The number of rotatable bonds is 5. The van der Waals surface area contributed by atoms with Crippen LogP contribution in [0.4, 0.5) is 4.79 Å². The van der Waals surface area contributed by atoms with Crippen molar-refractivity contribution in [2.24, 2.45) is 0 Å². The van der Waals surface area contributed by atoms with Crippen molar-refractivity contribution in [3.63, 3.8) is 0 Å². The molecule has 2 rings (SSSR count). The molecule has 0 aromatic carbocycles. The van der Waals surface area contributed by atoms with Crippen LogP contribution in [0.3, 0.4) is 0 Å². The lowest BCUT2D eigenvalue weighted by Crippen LogP contribution is -2.40. The molecule has 94 valence electrons. The van der Waals surface area contributed by atoms with E-state index >= 15 is 0 Å². The molecule has 0 unspecified atom stereocenters. The molecule has 1 aromatic heterocycles. The van der Waals surface area contributed by atoms with E-state index in [1.54, 1.807) is 11.3 Å². The summed E-state index contributed by atoms with van der Waals surface area (Å²) >= 11 is 1.68. The summed E-state index contributed by atoms with van der Waals surface area (Å²) in [4.78, 5) is 11.5. The van der Waals surface area contributed by atoms with Gasteiger partial charge in [0.2, 0.25) is 0 Å². The highest BCUT2D eigenvalue weighted by molar-refractivity contribution is 7.07. The lowest BCUT2D eigenvalue weighted by atomic mass is 10.2. The third kappa shape index (κ3) is 4.36. The maximum Gasteiger partial charge on any atom is 0.314 e. The Morgan fingerprint density at radius 3 is 3.18 bits per heavy atom. The smallest absolute Gasteiger partial charge is 0.314 e. The van der Waals surface area contributed by atoms with Crippen LogP contribution < -0.4 is 10.6 Å². The summed E-state index contributed by atoms with van der Waals surface area (Å²) in [7, 11) is 0. The molecule has 0 radical (unpaired) electrons. The van der Waals surface area contributed by atoms with Gasteiger partial charge in [0.25, 0.3) is 0 Å². The fourth-order valence-corrected chi connectivity index (χ4v) is 2.53. The quantitative estimate of drug-likeness (QED) is 0.841. The normalized spacial score (nSPS) is 19.2. The molecule has 1 saturated heterocycles. The highest BCUT2D eigenvalue weighted by Crippen LogP contribution is 2.10. The number of carbonyl (C=O) groups is 1. The van der Waals surface area contributed by atoms with Gasteiger partial charge in [-0.2, -0.15) is 11.3 Å². The lowest BCUT2D eigenvalue weighted by Gasteiger charge is -2.11. The SMILES string of the molecule is O=C(NCCc1ccsc1)NC[C@@H]1CCCO1. The maximum atomic E-state index is 11.5. The zero-order valence-corrected chi connectivity index (χ0v) is 10.6. The molecule has 2 heterocycles. The number of carbonyl (C=O) groups excluding carboxylic acids is 1. The summed E-state index contributed by atoms with van der Waals surface area (Å²) in [5.41, 5.74) is 1.27. The Morgan fingerprint density at radius 1 is 1.53 bits per heavy atom. The predicted octanol–water partition coefficient (Wildman–Crippen LogP) is 1.77. The third-order valence-electron chi connectivity index (χ3n) is 2.79. The Hall–Kier alpha value is -1.07. The van der Waals surface area contributed by atoms with Crippen LogP contribution in [0.25, 0.3) is 0 Å². The van der Waals surface area contributed by atoms with Crippen LogP contribution >= 0.6 is 11.3 Å². The van der Waals surface area contributed by atoms with Gasteiger partial charge in [-0.25, -0.2) is 4.79 Å². The number of hydrogen-bond acceptors (Lipinski definition) is 3. The molecular formula is C12H18N2O2S. The molecule has 1 atom stereocenters. The van der Waals surface area contributed by atoms with Gasteiger partial charge >= 0.3 is 6.03 Å². The average molecular weight is 254 g/mol. The molecule has 1 aliphatic heterocycles. The van der Waals surface area contributed by atoms with Crippen molar-refractivity contribution in [2.75, 3.05) is 19.7 Å². The van der Waals surface area contributed by atoms with Gasteiger partial charge < -0.3 is 15.4 Å². The van der Waals surface area contributed by atoms with Crippen molar-refractivity contribution >= 4 is 17.4 Å². The zero-order chi connectivity index (χ0) is 11.9. The third-order valence-corrected chi connectivity index (χ3v) is 3.53. The standard InChI is InChI=1S/C12H18N2O2S/c15-12(14-8-11-2-1-6-16-11)13-5-3-10-4-7-17-9-10/h4,7,9,11H,1-3,5-6,8H2,(H2,13,14,15)/t11-/m0/s1. The second kappa shape index (κ2) is 6.61. The highest BCUT2D eigenvalue weighted by Gasteiger charge is 2.15. The van der Waals surface area contributed by atoms with Crippen LogP contribution in [-0.4, -0.2) is 31.8 Å². The summed E-state index contributed by atoms with van der Waals surface area (Å²) in [6.45, 7) is 2.12. The first-order valence-corrected chi connectivity index (χ1v) is 6.93. The first-order chi connectivity index (χ1) is 8.34. The van der Waals surface area contributed by atoms with Crippen molar-refractivity contribution < 1.29 is 9.53 Å². The Balaban J connectivity index is 1.54. The Bertz CT molecular complexity index is 334. The van der Waals surface area contributed by atoms with Crippen LogP contribution in [0.1, 0.15) is 18.4 Å². The van der Waals surface area contributed by atoms with Crippen molar-refractivity contribution in [3.05, 3.63) is 22.4 Å². The first-order valence-electron chi connectivity index (χ1n) is 5.99. The van der Waals surface area contributed by atoms with Gasteiger partial charge in [0.05, 0.1) is 6.10 Å². The van der Waals surface area contributed by atoms with E-state index < -0.39 is 0 Å². The van der Waals surface area contributed by atoms with E-state index in [-0.39, 0.29) is 12.1 Å². The maximum absolute atomic E-state index is 11.5. The molecule has 4 nitrogen and oxygen atoms in total. The topological polar surface area (TPSA) is 50.4 Å². The fourth-order valence-electron chi connectivity index (χ4n) is 1.83. The number of amides is 2. The number of ether oxygens (including phenoxy) is 1. The molecule has 1 aliphatic rings. The van der Waals surface area contributed by atoms with Crippen molar-refractivity contribution in [2.45, 2.75) is 25.4 Å². The van der Waals surface area contributed by atoms with Crippen molar-refractivity contribution in [3.8, 4) is 0 Å². The van der Waals surface area contributed by atoms with Crippen LogP contribution in [0.5, 0.6) is 0 Å². The van der Waals surface area contributed by atoms with Crippen LogP contribution in [-0.2, 0) is 11.2 Å². The summed E-state index contributed by atoms with van der Waals surface area (Å²) in [5.74, 6) is 0. The Labute approximate surface area is 105 Å². The van der Waals surface area contributed by atoms with Crippen molar-refractivity contribution in [1.29, 1.82) is 0 Å². The lowest BCUT2D eigenvalue weighted by molar-refractivity contribution is 0.111. The first kappa shape index (κ1) is 12.4. The Morgan fingerprint density at radius 2 is 2.47 bits per heavy atom. The molecule has 1 fully saturated rings. The van der Waals surface area contributed by atoms with E-state index in [2.05, 4.69) is 22.1 Å². The van der Waals surface area contributed by atoms with Gasteiger partial charge in [-0.1, -0.05) is 0 Å². The van der Waals surface area contributed by atoms with E-state index in [1.165, 1.54) is 5.56 Å². The number of nitrogens with one attached hydrogen (secondary N) is 2. The van der Waals surface area contributed by atoms with Gasteiger partial charge in [-0.3, -0.25) is 0 Å². The van der Waals surface area contributed by atoms with E-state index in [1.807, 2.05) is 5.38 Å². The molecule has 0 aliphatic carbocycles. The molecule has 2 N–H and O–H groups in total. The van der Waals surface area contributed by atoms with E-state index in [0.29, 0.717) is 13.1 Å². The zero-order valence-electron chi connectivity index (χ0n) is 9.78. The number of thiophene rings is 1. The Kier molecular flexibility index (Phi) is 4.82.